The van der Waals surface area contributed by atoms with Crippen molar-refractivity contribution < 1.29 is 0 Å². The van der Waals surface area contributed by atoms with Crippen molar-refractivity contribution in [1.82, 2.24) is 15.0 Å². The fourth-order valence-corrected chi connectivity index (χ4v) is 5.11. The normalized spacial score (nSPS) is 11.3. The van der Waals surface area contributed by atoms with E-state index in [0.29, 0.717) is 0 Å². The van der Waals surface area contributed by atoms with E-state index in [1.54, 1.807) is 0 Å². The summed E-state index contributed by atoms with van der Waals surface area (Å²) >= 11 is 0. The van der Waals surface area contributed by atoms with E-state index in [9.17, 15) is 0 Å². The van der Waals surface area contributed by atoms with Crippen molar-refractivity contribution in [3.8, 4) is 33.4 Å². The molecule has 7 aromatic rings. The fourth-order valence-electron chi connectivity index (χ4n) is 5.11. The highest BCUT2D eigenvalue weighted by Gasteiger charge is 2.14. The van der Waals surface area contributed by atoms with Crippen LogP contribution in [0.25, 0.3) is 66.1 Å². The molecule has 0 saturated heterocycles. The third-order valence-electron chi connectivity index (χ3n) is 6.76. The third-order valence-corrected chi connectivity index (χ3v) is 6.76. The Kier molecular flexibility index (Phi) is 4.78. The van der Waals surface area contributed by atoms with E-state index in [-0.39, 0.29) is 0 Å². The highest BCUT2D eigenvalue weighted by atomic mass is 14.7. The third kappa shape index (κ3) is 3.41. The predicted octanol–water partition coefficient (Wildman–Crippen LogP) is 8.33. The molecule has 7 rings (SSSR count). The number of aromatic nitrogens is 3. The first-order valence-electron chi connectivity index (χ1n) is 12.0. The molecule has 0 N–H and O–H groups in total. The standard InChI is InChI=1S/C33H21N3/c1-7-22-10-4-16-34-31(22)28(13-1)25-19-26(29-14-2-8-23-11-5-17-35-32(23)29)21-27(20-25)30-15-3-9-24-12-6-18-36-33(24)30/h1-21H. The Morgan fingerprint density at radius 3 is 0.972 bits per heavy atom. The molecule has 3 heterocycles. The second-order valence-electron chi connectivity index (χ2n) is 8.94. The first-order valence-corrected chi connectivity index (χ1v) is 12.0. The summed E-state index contributed by atoms with van der Waals surface area (Å²) < 4.78 is 0. The predicted molar refractivity (Wildman–Crippen MR) is 149 cm³/mol. The first kappa shape index (κ1) is 20.5. The topological polar surface area (TPSA) is 38.7 Å². The lowest BCUT2D eigenvalue weighted by Crippen LogP contribution is -1.91. The highest BCUT2D eigenvalue weighted by molar-refractivity contribution is 6.01. The zero-order chi connectivity index (χ0) is 23.9. The van der Waals surface area contributed by atoms with E-state index >= 15 is 0 Å². The number of rotatable bonds is 3. The maximum Gasteiger partial charge on any atom is 0.0780 e. The van der Waals surface area contributed by atoms with Crippen LogP contribution in [0.15, 0.2) is 128 Å². The number of pyridine rings is 3. The van der Waals surface area contributed by atoms with Gasteiger partial charge >= 0.3 is 0 Å². The summed E-state index contributed by atoms with van der Waals surface area (Å²) in [6.07, 6.45) is 5.58. The van der Waals surface area contributed by atoms with Gasteiger partial charge in [-0.2, -0.15) is 0 Å². The number of benzene rings is 4. The molecule has 0 aliphatic carbocycles. The highest BCUT2D eigenvalue weighted by Crippen LogP contribution is 2.38. The van der Waals surface area contributed by atoms with Crippen molar-refractivity contribution in [1.29, 1.82) is 0 Å². The lowest BCUT2D eigenvalue weighted by molar-refractivity contribution is 1.40. The molecular formula is C33H21N3. The van der Waals surface area contributed by atoms with E-state index in [2.05, 4.69) is 91.0 Å². The molecule has 0 bridgehead atoms. The quantitative estimate of drug-likeness (QED) is 0.267. The molecule has 0 saturated carbocycles. The van der Waals surface area contributed by atoms with Crippen molar-refractivity contribution in [2.75, 3.05) is 0 Å². The van der Waals surface area contributed by atoms with Gasteiger partial charge in [-0.25, -0.2) is 0 Å². The Morgan fingerprint density at radius 2 is 0.639 bits per heavy atom. The van der Waals surface area contributed by atoms with Crippen molar-refractivity contribution in [2.24, 2.45) is 0 Å². The number of hydrogen-bond donors (Lipinski definition) is 0. The van der Waals surface area contributed by atoms with Crippen LogP contribution >= 0.6 is 0 Å². The average Bonchev–Trinajstić information content (AvgIpc) is 2.96. The summed E-state index contributed by atoms with van der Waals surface area (Å²) in [5.74, 6) is 0. The van der Waals surface area contributed by atoms with Crippen molar-refractivity contribution in [2.45, 2.75) is 0 Å². The Hall–Kier alpha value is -4.89. The molecule has 0 spiro atoms. The molecule has 0 unspecified atom stereocenters. The van der Waals surface area contributed by atoms with Gasteiger partial charge in [-0.3, -0.25) is 15.0 Å². The van der Waals surface area contributed by atoms with Gasteiger partial charge in [-0.05, 0) is 53.1 Å². The summed E-state index contributed by atoms with van der Waals surface area (Å²) in [6, 6.07) is 38.2. The van der Waals surface area contributed by atoms with Gasteiger partial charge in [-0.1, -0.05) is 72.8 Å². The van der Waals surface area contributed by atoms with Crippen LogP contribution < -0.4 is 0 Å². The average molecular weight is 460 g/mol. The van der Waals surface area contributed by atoms with E-state index in [1.807, 2.05) is 36.8 Å². The first-order chi connectivity index (χ1) is 17.8. The van der Waals surface area contributed by atoms with Gasteiger partial charge in [-0.15, -0.1) is 0 Å². The SMILES string of the molecule is c1cnc2c(-c3cc(-c4cccc5cccnc45)cc(-c4cccc5cccnc45)c3)cccc2c1. The largest absolute Gasteiger partial charge is 0.256 e. The summed E-state index contributed by atoms with van der Waals surface area (Å²) in [5, 5.41) is 3.38. The zero-order valence-electron chi connectivity index (χ0n) is 19.5. The van der Waals surface area contributed by atoms with Crippen LogP contribution in [0.2, 0.25) is 0 Å². The monoisotopic (exact) mass is 459 g/mol. The summed E-state index contributed by atoms with van der Waals surface area (Å²) in [6.45, 7) is 0. The molecule has 3 heteroatoms. The van der Waals surface area contributed by atoms with Crippen LogP contribution in [0.5, 0.6) is 0 Å². The molecule has 0 atom stereocenters. The molecule has 0 aliphatic heterocycles. The van der Waals surface area contributed by atoms with Gasteiger partial charge in [0.2, 0.25) is 0 Å². The maximum atomic E-state index is 4.74. The van der Waals surface area contributed by atoms with Crippen LogP contribution in [0.4, 0.5) is 0 Å². The smallest absolute Gasteiger partial charge is 0.0780 e. The molecule has 4 aromatic carbocycles. The van der Waals surface area contributed by atoms with Gasteiger partial charge in [0, 0.05) is 51.4 Å². The van der Waals surface area contributed by atoms with Crippen LogP contribution in [0.1, 0.15) is 0 Å². The van der Waals surface area contributed by atoms with Crippen LogP contribution in [0, 0.1) is 0 Å². The minimum absolute atomic E-state index is 0.996. The Labute approximate surface area is 208 Å². The van der Waals surface area contributed by atoms with E-state index in [1.165, 1.54) is 0 Å². The number of nitrogens with zero attached hydrogens (tertiary/aromatic N) is 3. The number of hydrogen-bond acceptors (Lipinski definition) is 3. The van der Waals surface area contributed by atoms with Crippen molar-refractivity contribution >= 4 is 32.7 Å². The van der Waals surface area contributed by atoms with Gasteiger partial charge in [0.15, 0.2) is 0 Å². The fraction of sp³-hybridized carbons (Fsp3) is 0. The van der Waals surface area contributed by atoms with Crippen LogP contribution in [-0.2, 0) is 0 Å². The summed E-state index contributed by atoms with van der Waals surface area (Å²) in [4.78, 5) is 14.2. The van der Waals surface area contributed by atoms with E-state index < -0.39 is 0 Å². The Morgan fingerprint density at radius 1 is 0.333 bits per heavy atom. The van der Waals surface area contributed by atoms with Crippen molar-refractivity contribution in [3.05, 3.63) is 128 Å². The Bertz CT molecular complexity index is 1660. The minimum Gasteiger partial charge on any atom is -0.256 e. The molecule has 0 radical (unpaired) electrons. The van der Waals surface area contributed by atoms with Crippen LogP contribution in [0.3, 0.4) is 0 Å². The lowest BCUT2D eigenvalue weighted by Gasteiger charge is -2.14. The summed E-state index contributed by atoms with van der Waals surface area (Å²) in [7, 11) is 0. The molecule has 3 aromatic heterocycles. The van der Waals surface area contributed by atoms with E-state index in [0.717, 1.165) is 66.1 Å². The molecule has 3 nitrogen and oxygen atoms in total. The van der Waals surface area contributed by atoms with Gasteiger partial charge < -0.3 is 0 Å². The molecule has 168 valence electrons. The molecule has 0 aliphatic rings. The molecule has 0 fully saturated rings. The van der Waals surface area contributed by atoms with E-state index in [4.69, 9.17) is 15.0 Å². The second kappa shape index (κ2) is 8.40. The van der Waals surface area contributed by atoms with Gasteiger partial charge in [0.1, 0.15) is 0 Å². The van der Waals surface area contributed by atoms with Gasteiger partial charge in [0.05, 0.1) is 16.6 Å². The number of fused-ring (bicyclic) bond motifs is 3. The maximum absolute atomic E-state index is 4.74. The minimum atomic E-state index is 0.996. The number of para-hydroxylation sites is 3. The molecular weight excluding hydrogens is 438 g/mol. The second-order valence-corrected chi connectivity index (χ2v) is 8.94. The van der Waals surface area contributed by atoms with Crippen molar-refractivity contribution in [3.63, 3.8) is 0 Å². The Balaban J connectivity index is 1.56. The zero-order valence-corrected chi connectivity index (χ0v) is 19.5. The van der Waals surface area contributed by atoms with Gasteiger partial charge in [0.25, 0.3) is 0 Å². The summed E-state index contributed by atoms with van der Waals surface area (Å²) in [5.41, 5.74) is 9.67. The lowest BCUT2D eigenvalue weighted by atomic mass is 9.91. The molecule has 36 heavy (non-hydrogen) atoms. The molecule has 0 amide bonds. The van der Waals surface area contributed by atoms with Crippen LogP contribution in [-0.4, -0.2) is 15.0 Å².